The van der Waals surface area contributed by atoms with Gasteiger partial charge in [-0.2, -0.15) is 0 Å². The fourth-order valence-corrected chi connectivity index (χ4v) is 2.49. The lowest BCUT2D eigenvalue weighted by Crippen LogP contribution is -2.51. The lowest BCUT2D eigenvalue weighted by atomic mass is 10.1. The molecule has 13 heavy (non-hydrogen) atoms. The molecule has 0 spiro atoms. The van der Waals surface area contributed by atoms with Gasteiger partial charge in [0.15, 0.2) is 6.29 Å². The van der Waals surface area contributed by atoms with Gasteiger partial charge in [0.05, 0.1) is 6.61 Å². The van der Waals surface area contributed by atoms with E-state index in [4.69, 9.17) is 10.00 Å². The Labute approximate surface area is 73.5 Å². The molecule has 0 saturated carbocycles. The van der Waals surface area contributed by atoms with Crippen LogP contribution in [0.4, 0.5) is 0 Å². The molecular formula is C5H9O7P. The van der Waals surface area contributed by atoms with Crippen molar-refractivity contribution in [3.05, 3.63) is 0 Å². The second kappa shape index (κ2) is 2.99. The van der Waals surface area contributed by atoms with Crippen molar-refractivity contribution in [3.8, 4) is 0 Å². The Bertz CT molecular complexity index is 233. The molecule has 2 aliphatic heterocycles. The monoisotopic (exact) mass is 212 g/mol. The van der Waals surface area contributed by atoms with E-state index < -0.39 is 32.4 Å². The fourth-order valence-electron chi connectivity index (χ4n) is 1.34. The van der Waals surface area contributed by atoms with Crippen LogP contribution in [-0.2, 0) is 18.3 Å². The Morgan fingerprint density at radius 2 is 1.85 bits per heavy atom. The maximum absolute atomic E-state index is 10.9. The van der Waals surface area contributed by atoms with Crippen LogP contribution in [0.15, 0.2) is 0 Å². The predicted octanol–water partition coefficient (Wildman–Crippen LogP) is -1.42. The summed E-state index contributed by atoms with van der Waals surface area (Å²) in [6.07, 6.45) is -4.49. The Balaban J connectivity index is 2.19. The van der Waals surface area contributed by atoms with Crippen molar-refractivity contribution in [1.29, 1.82) is 0 Å². The molecule has 0 aromatic carbocycles. The summed E-state index contributed by atoms with van der Waals surface area (Å²) in [6, 6.07) is 0. The highest BCUT2D eigenvalue weighted by Gasteiger charge is 2.53. The summed E-state index contributed by atoms with van der Waals surface area (Å²) in [5.74, 6) is 0. The molecule has 2 heterocycles. The van der Waals surface area contributed by atoms with E-state index in [-0.39, 0.29) is 6.61 Å². The summed E-state index contributed by atoms with van der Waals surface area (Å²) < 4.78 is 24.6. The first-order valence-electron chi connectivity index (χ1n) is 3.67. The summed E-state index contributed by atoms with van der Waals surface area (Å²) in [4.78, 5) is 8.89. The van der Waals surface area contributed by atoms with E-state index in [9.17, 15) is 9.67 Å². The summed E-state index contributed by atoms with van der Waals surface area (Å²) >= 11 is 0. The van der Waals surface area contributed by atoms with Crippen molar-refractivity contribution >= 4 is 7.82 Å². The molecule has 2 saturated heterocycles. The Morgan fingerprint density at radius 1 is 1.23 bits per heavy atom. The lowest BCUT2D eigenvalue weighted by Gasteiger charge is -2.30. The van der Waals surface area contributed by atoms with Crippen LogP contribution in [-0.4, -0.2) is 46.3 Å². The molecule has 76 valence electrons. The molecule has 0 amide bonds. The second-order valence-corrected chi connectivity index (χ2v) is 4.26. The van der Waals surface area contributed by atoms with Gasteiger partial charge in [0.1, 0.15) is 18.3 Å². The molecule has 2 aliphatic rings. The third-order valence-corrected chi connectivity index (χ3v) is 2.95. The molecule has 0 aromatic heterocycles. The quantitative estimate of drug-likeness (QED) is 0.423. The SMILES string of the molecule is O=P1(O)O[C@@H]2[C@H](O)COC(O)[C@@H]2O1. The first-order valence-corrected chi connectivity index (χ1v) is 5.16. The van der Waals surface area contributed by atoms with E-state index in [2.05, 4.69) is 13.8 Å². The largest absolute Gasteiger partial charge is 0.473 e. The molecule has 7 nitrogen and oxygen atoms in total. The standard InChI is InChI=1S/C5H9O7P/c6-2-1-10-5(7)4-3(2)11-13(8,9)12-4/h2-7H,1H2,(H,8,9)/t2-,3-,4-,5?/m1/s1. The van der Waals surface area contributed by atoms with Gasteiger partial charge in [-0.05, 0) is 0 Å². The van der Waals surface area contributed by atoms with Gasteiger partial charge in [-0.25, -0.2) is 4.57 Å². The minimum absolute atomic E-state index is 0.147. The van der Waals surface area contributed by atoms with Crippen LogP contribution in [0, 0.1) is 0 Å². The maximum atomic E-state index is 10.9. The zero-order valence-electron chi connectivity index (χ0n) is 6.44. The zero-order chi connectivity index (χ0) is 9.64. The third kappa shape index (κ3) is 1.64. The normalized spacial score (nSPS) is 56.2. The van der Waals surface area contributed by atoms with Gasteiger partial charge in [0.2, 0.25) is 0 Å². The smallest absolute Gasteiger partial charge is 0.388 e. The van der Waals surface area contributed by atoms with Crippen LogP contribution in [0.2, 0.25) is 0 Å². The van der Waals surface area contributed by atoms with Crippen molar-refractivity contribution in [2.75, 3.05) is 6.61 Å². The van der Waals surface area contributed by atoms with Gasteiger partial charge in [0.25, 0.3) is 0 Å². The summed E-state index contributed by atoms with van der Waals surface area (Å²) in [5, 5.41) is 18.4. The van der Waals surface area contributed by atoms with E-state index in [1.165, 1.54) is 0 Å². The molecule has 3 N–H and O–H groups in total. The molecule has 0 radical (unpaired) electrons. The molecular weight excluding hydrogens is 203 g/mol. The predicted molar refractivity (Wildman–Crippen MR) is 37.5 cm³/mol. The topological polar surface area (TPSA) is 105 Å². The van der Waals surface area contributed by atoms with Gasteiger partial charge in [0, 0.05) is 0 Å². The number of rotatable bonds is 0. The number of hydrogen-bond donors (Lipinski definition) is 3. The molecule has 0 bridgehead atoms. The van der Waals surface area contributed by atoms with Crippen molar-refractivity contribution in [2.45, 2.75) is 24.6 Å². The van der Waals surface area contributed by atoms with Crippen molar-refractivity contribution in [3.63, 3.8) is 0 Å². The van der Waals surface area contributed by atoms with Gasteiger partial charge in [-0.15, -0.1) is 0 Å². The maximum Gasteiger partial charge on any atom is 0.473 e. The first kappa shape index (κ1) is 9.54. The average Bonchev–Trinajstić information content (AvgIpc) is 2.35. The Kier molecular flexibility index (Phi) is 2.20. The van der Waals surface area contributed by atoms with Gasteiger partial charge >= 0.3 is 7.82 Å². The fraction of sp³-hybridized carbons (Fsp3) is 1.00. The summed E-state index contributed by atoms with van der Waals surface area (Å²) in [7, 11) is -4.12. The number of phosphoric acid groups is 1. The Morgan fingerprint density at radius 3 is 2.46 bits per heavy atom. The lowest BCUT2D eigenvalue weighted by molar-refractivity contribution is -0.221. The van der Waals surface area contributed by atoms with Crippen LogP contribution in [0.3, 0.4) is 0 Å². The van der Waals surface area contributed by atoms with Crippen molar-refractivity contribution in [1.82, 2.24) is 0 Å². The highest BCUT2D eigenvalue weighted by molar-refractivity contribution is 7.47. The molecule has 5 atom stereocenters. The van der Waals surface area contributed by atoms with Gasteiger partial charge < -0.3 is 19.8 Å². The minimum Gasteiger partial charge on any atom is -0.388 e. The Hall–Kier alpha value is -0.0100. The first-order chi connectivity index (χ1) is 5.99. The summed E-state index contributed by atoms with van der Waals surface area (Å²) in [6.45, 7) is -0.147. The number of phosphoric ester groups is 1. The second-order valence-electron chi connectivity index (χ2n) is 2.90. The summed E-state index contributed by atoms with van der Waals surface area (Å²) in [5.41, 5.74) is 0. The van der Waals surface area contributed by atoms with Crippen LogP contribution in [0.25, 0.3) is 0 Å². The molecule has 0 aliphatic carbocycles. The number of fused-ring (bicyclic) bond motifs is 1. The molecule has 2 fully saturated rings. The highest BCUT2D eigenvalue weighted by Crippen LogP contribution is 2.54. The van der Waals surface area contributed by atoms with E-state index >= 15 is 0 Å². The van der Waals surface area contributed by atoms with Crippen LogP contribution in [0.1, 0.15) is 0 Å². The number of aliphatic hydroxyl groups is 2. The minimum atomic E-state index is -4.12. The molecule has 2 unspecified atom stereocenters. The molecule has 0 aromatic rings. The average molecular weight is 212 g/mol. The van der Waals surface area contributed by atoms with Crippen LogP contribution >= 0.6 is 7.82 Å². The highest BCUT2D eigenvalue weighted by atomic mass is 31.2. The zero-order valence-corrected chi connectivity index (χ0v) is 7.33. The van der Waals surface area contributed by atoms with Crippen LogP contribution < -0.4 is 0 Å². The number of ether oxygens (including phenoxy) is 1. The van der Waals surface area contributed by atoms with E-state index in [0.29, 0.717) is 0 Å². The third-order valence-electron chi connectivity index (χ3n) is 1.93. The van der Waals surface area contributed by atoms with Crippen LogP contribution in [0.5, 0.6) is 0 Å². The van der Waals surface area contributed by atoms with E-state index in [1.807, 2.05) is 0 Å². The number of aliphatic hydroxyl groups excluding tert-OH is 2. The van der Waals surface area contributed by atoms with Gasteiger partial charge in [-0.1, -0.05) is 0 Å². The van der Waals surface area contributed by atoms with E-state index in [0.717, 1.165) is 0 Å². The molecule has 2 rings (SSSR count). The molecule has 8 heteroatoms. The van der Waals surface area contributed by atoms with Crippen molar-refractivity contribution < 1.29 is 33.5 Å². The van der Waals surface area contributed by atoms with E-state index in [1.54, 1.807) is 0 Å². The van der Waals surface area contributed by atoms with Crippen molar-refractivity contribution in [2.24, 2.45) is 0 Å². The van der Waals surface area contributed by atoms with Gasteiger partial charge in [-0.3, -0.25) is 9.05 Å². The number of hydrogen-bond acceptors (Lipinski definition) is 6.